The molecule has 3 nitrogen and oxygen atoms in total. The zero-order chi connectivity index (χ0) is 15.5. The molecule has 1 aliphatic heterocycles. The maximum atomic E-state index is 12.8. The van der Waals surface area contributed by atoms with E-state index in [0.29, 0.717) is 6.42 Å². The van der Waals surface area contributed by atoms with E-state index in [4.69, 9.17) is 0 Å². The number of rotatable bonds is 3. The molecule has 2 atom stereocenters. The van der Waals surface area contributed by atoms with Gasteiger partial charge >= 0.3 is 0 Å². The van der Waals surface area contributed by atoms with Crippen LogP contribution >= 0.6 is 0 Å². The number of carbonyl (C=O) groups excluding carboxylic acids is 2. The van der Waals surface area contributed by atoms with E-state index in [0.717, 1.165) is 32.1 Å². The van der Waals surface area contributed by atoms with Crippen LogP contribution in [-0.4, -0.2) is 22.8 Å². The molecule has 2 amide bonds. The molecule has 2 aliphatic rings. The Bertz CT molecular complexity index is 591. The fourth-order valence-corrected chi connectivity index (χ4v) is 3.51. The molecule has 0 spiro atoms. The number of nitrogens with zero attached hydrogens (tertiary/aromatic N) is 1. The predicted octanol–water partition coefficient (Wildman–Crippen LogP) is 3.49. The first kappa shape index (κ1) is 15.0. The highest BCUT2D eigenvalue weighted by Crippen LogP contribution is 2.30. The largest absolute Gasteiger partial charge is 0.279 e. The van der Waals surface area contributed by atoms with Crippen LogP contribution in [0.4, 0.5) is 0 Å². The fourth-order valence-electron chi connectivity index (χ4n) is 3.51. The molecule has 0 bridgehead atoms. The van der Waals surface area contributed by atoms with E-state index in [1.165, 1.54) is 11.1 Å². The molecule has 22 heavy (non-hydrogen) atoms. The number of hydrogen-bond acceptors (Lipinski definition) is 2. The summed E-state index contributed by atoms with van der Waals surface area (Å²) in [4.78, 5) is 26.6. The highest BCUT2D eigenvalue weighted by Gasteiger charge is 2.38. The molecule has 0 aromatic heterocycles. The molecule has 0 radical (unpaired) electrons. The van der Waals surface area contributed by atoms with Crippen molar-refractivity contribution in [2.75, 3.05) is 0 Å². The molecule has 3 rings (SSSR count). The van der Waals surface area contributed by atoms with Crippen LogP contribution in [0.1, 0.15) is 44.6 Å². The van der Waals surface area contributed by atoms with Crippen molar-refractivity contribution in [2.24, 2.45) is 5.92 Å². The smallest absolute Gasteiger partial charge is 0.232 e. The van der Waals surface area contributed by atoms with Gasteiger partial charge in [0.05, 0.1) is 0 Å². The lowest BCUT2D eigenvalue weighted by molar-refractivity contribution is -0.146. The van der Waals surface area contributed by atoms with Crippen LogP contribution in [-0.2, 0) is 16.0 Å². The van der Waals surface area contributed by atoms with Gasteiger partial charge in [0, 0.05) is 18.4 Å². The lowest BCUT2D eigenvalue weighted by Crippen LogP contribution is -2.43. The van der Waals surface area contributed by atoms with Crippen LogP contribution in [0.25, 0.3) is 0 Å². The van der Waals surface area contributed by atoms with Gasteiger partial charge in [0.1, 0.15) is 0 Å². The van der Waals surface area contributed by atoms with Gasteiger partial charge in [-0.1, -0.05) is 42.0 Å². The van der Waals surface area contributed by atoms with Crippen molar-refractivity contribution in [1.29, 1.82) is 0 Å². The van der Waals surface area contributed by atoms with Crippen LogP contribution in [0.3, 0.4) is 0 Å². The van der Waals surface area contributed by atoms with Gasteiger partial charge in [-0.05, 0) is 44.6 Å². The topological polar surface area (TPSA) is 37.4 Å². The van der Waals surface area contributed by atoms with Crippen molar-refractivity contribution in [3.05, 3.63) is 47.5 Å². The molecular weight excluding hydrogens is 274 g/mol. The summed E-state index contributed by atoms with van der Waals surface area (Å²) in [5, 5.41) is 0. The number of allylic oxidation sites excluding steroid dienone is 2. The van der Waals surface area contributed by atoms with Gasteiger partial charge in [-0.3, -0.25) is 14.5 Å². The highest BCUT2D eigenvalue weighted by atomic mass is 16.2. The summed E-state index contributed by atoms with van der Waals surface area (Å²) in [6.07, 6.45) is 6.86. The normalized spacial score (nSPS) is 25.2. The van der Waals surface area contributed by atoms with Gasteiger partial charge in [-0.25, -0.2) is 0 Å². The Morgan fingerprint density at radius 1 is 1.18 bits per heavy atom. The number of imide groups is 1. The van der Waals surface area contributed by atoms with Crippen LogP contribution < -0.4 is 0 Å². The Kier molecular flexibility index (Phi) is 4.41. The second-order valence-electron chi connectivity index (χ2n) is 6.51. The molecular formula is C19H23NO2. The van der Waals surface area contributed by atoms with Gasteiger partial charge in [0.25, 0.3) is 0 Å². The molecule has 1 heterocycles. The third-order valence-corrected chi connectivity index (χ3v) is 4.86. The van der Waals surface area contributed by atoms with Gasteiger partial charge in [0.15, 0.2) is 0 Å². The standard InChI is InChI=1S/C19H23NO2/c1-14-7-9-16(10-8-14)19(22)20-17(11-12-18(20)21)13-15-5-3-2-4-6-15/h2-7,16-17H,8-13H2,1H3. The fraction of sp³-hybridized carbons (Fsp3) is 0.474. The summed E-state index contributed by atoms with van der Waals surface area (Å²) in [5.74, 6) is 0.0495. The molecule has 1 aliphatic carbocycles. The van der Waals surface area contributed by atoms with Crippen LogP contribution in [0.15, 0.2) is 42.0 Å². The lowest BCUT2D eigenvalue weighted by atomic mass is 9.89. The Morgan fingerprint density at radius 3 is 2.64 bits per heavy atom. The zero-order valence-corrected chi connectivity index (χ0v) is 13.1. The summed E-state index contributed by atoms with van der Waals surface area (Å²) < 4.78 is 0. The van der Waals surface area contributed by atoms with Crippen LogP contribution in [0.2, 0.25) is 0 Å². The van der Waals surface area contributed by atoms with Crippen molar-refractivity contribution >= 4 is 11.8 Å². The van der Waals surface area contributed by atoms with E-state index in [-0.39, 0.29) is 23.8 Å². The van der Waals surface area contributed by atoms with E-state index in [2.05, 4.69) is 25.1 Å². The monoisotopic (exact) mass is 297 g/mol. The van der Waals surface area contributed by atoms with Crippen molar-refractivity contribution in [1.82, 2.24) is 4.90 Å². The highest BCUT2D eigenvalue weighted by molar-refractivity contribution is 5.98. The molecule has 3 heteroatoms. The average Bonchev–Trinajstić information content (AvgIpc) is 2.89. The third kappa shape index (κ3) is 3.13. The molecule has 0 saturated carbocycles. The molecule has 1 saturated heterocycles. The predicted molar refractivity (Wildman–Crippen MR) is 86.1 cm³/mol. The van der Waals surface area contributed by atoms with Crippen molar-refractivity contribution in [3.8, 4) is 0 Å². The summed E-state index contributed by atoms with van der Waals surface area (Å²) in [6.45, 7) is 2.11. The van der Waals surface area contributed by atoms with Crippen molar-refractivity contribution in [3.63, 3.8) is 0 Å². The second kappa shape index (κ2) is 6.47. The molecule has 0 N–H and O–H groups in total. The van der Waals surface area contributed by atoms with Crippen LogP contribution in [0.5, 0.6) is 0 Å². The first-order valence-electron chi connectivity index (χ1n) is 8.20. The van der Waals surface area contributed by atoms with Gasteiger partial charge < -0.3 is 0 Å². The van der Waals surface area contributed by atoms with E-state index in [9.17, 15) is 9.59 Å². The Balaban J connectivity index is 1.72. The molecule has 1 fully saturated rings. The van der Waals surface area contributed by atoms with Gasteiger partial charge in [0.2, 0.25) is 11.8 Å². The van der Waals surface area contributed by atoms with E-state index < -0.39 is 0 Å². The van der Waals surface area contributed by atoms with E-state index in [1.54, 1.807) is 4.90 Å². The Hall–Kier alpha value is -1.90. The minimum absolute atomic E-state index is 0.0102. The van der Waals surface area contributed by atoms with E-state index >= 15 is 0 Å². The van der Waals surface area contributed by atoms with Crippen molar-refractivity contribution in [2.45, 2.75) is 51.5 Å². The zero-order valence-electron chi connectivity index (χ0n) is 13.1. The van der Waals surface area contributed by atoms with Gasteiger partial charge in [-0.15, -0.1) is 0 Å². The third-order valence-electron chi connectivity index (χ3n) is 4.86. The van der Waals surface area contributed by atoms with E-state index in [1.807, 2.05) is 18.2 Å². The minimum Gasteiger partial charge on any atom is -0.279 e. The van der Waals surface area contributed by atoms with Crippen molar-refractivity contribution < 1.29 is 9.59 Å². The summed E-state index contributed by atoms with van der Waals surface area (Å²) in [7, 11) is 0. The summed E-state index contributed by atoms with van der Waals surface area (Å²) in [6, 6.07) is 10.2. The maximum Gasteiger partial charge on any atom is 0.232 e. The Labute approximate surface area is 132 Å². The van der Waals surface area contributed by atoms with Gasteiger partial charge in [-0.2, -0.15) is 0 Å². The first-order valence-corrected chi connectivity index (χ1v) is 8.20. The molecule has 1 aromatic carbocycles. The lowest BCUT2D eigenvalue weighted by Gasteiger charge is -2.28. The molecule has 1 aromatic rings. The van der Waals surface area contributed by atoms with Crippen LogP contribution in [0, 0.1) is 5.92 Å². The number of hydrogen-bond donors (Lipinski definition) is 0. The number of amides is 2. The summed E-state index contributed by atoms with van der Waals surface area (Å²) in [5.41, 5.74) is 2.55. The minimum atomic E-state index is -0.0102. The average molecular weight is 297 g/mol. The maximum absolute atomic E-state index is 12.8. The molecule has 2 unspecified atom stereocenters. The summed E-state index contributed by atoms with van der Waals surface area (Å²) >= 11 is 0. The Morgan fingerprint density at radius 2 is 1.95 bits per heavy atom. The number of likely N-dealkylation sites (tertiary alicyclic amines) is 1. The first-order chi connectivity index (χ1) is 10.6. The number of carbonyl (C=O) groups is 2. The quantitative estimate of drug-likeness (QED) is 0.632. The molecule has 116 valence electrons. The number of benzene rings is 1. The SMILES string of the molecule is CC1=CCC(C(=O)N2C(=O)CCC2Cc2ccccc2)CC1. The second-order valence-corrected chi connectivity index (χ2v) is 6.51.